The van der Waals surface area contributed by atoms with Crippen molar-refractivity contribution >= 4 is 22.7 Å². The Hall–Kier alpha value is -3.05. The maximum atomic E-state index is 14.6. The zero-order valence-corrected chi connectivity index (χ0v) is 21.9. The number of nitrogens with one attached hydrogen (secondary N) is 2. The first kappa shape index (κ1) is 28.0. The van der Waals surface area contributed by atoms with Crippen LogP contribution in [-0.4, -0.2) is 76.1 Å². The minimum absolute atomic E-state index is 0.0316. The average molecular weight is 535 g/mol. The molecule has 1 saturated carbocycles. The number of aromatic nitrogens is 3. The Morgan fingerprint density at radius 1 is 1.08 bits per heavy atom. The van der Waals surface area contributed by atoms with E-state index in [4.69, 9.17) is 10.1 Å². The fraction of sp³-hybridized carbons (Fsp3) is 0.519. The highest BCUT2D eigenvalue weighted by atomic mass is 19.4. The van der Waals surface area contributed by atoms with Crippen molar-refractivity contribution in [2.75, 3.05) is 31.3 Å². The summed E-state index contributed by atoms with van der Waals surface area (Å²) in [5, 5.41) is 15.8. The normalized spacial score (nSPS) is 21.2. The lowest BCUT2D eigenvalue weighted by Crippen LogP contribution is -2.44. The van der Waals surface area contributed by atoms with Crippen molar-refractivity contribution in [3.63, 3.8) is 0 Å². The number of anilines is 2. The van der Waals surface area contributed by atoms with Crippen LogP contribution < -0.4 is 10.6 Å². The summed E-state index contributed by atoms with van der Waals surface area (Å²) in [7, 11) is 3.81. The molecule has 0 saturated heterocycles. The summed E-state index contributed by atoms with van der Waals surface area (Å²) in [5.41, 5.74) is 3.48. The van der Waals surface area contributed by atoms with E-state index < -0.39 is 25.0 Å². The van der Waals surface area contributed by atoms with Crippen molar-refractivity contribution in [1.82, 2.24) is 19.9 Å². The van der Waals surface area contributed by atoms with Crippen molar-refractivity contribution in [2.24, 2.45) is 0 Å². The summed E-state index contributed by atoms with van der Waals surface area (Å²) in [5.74, 6) is 0.866. The molecular formula is C27H34F4N6O. The third kappa shape index (κ3) is 6.50. The van der Waals surface area contributed by atoms with Gasteiger partial charge in [-0.2, -0.15) is 13.2 Å². The van der Waals surface area contributed by atoms with E-state index in [1.807, 2.05) is 31.1 Å². The van der Waals surface area contributed by atoms with Gasteiger partial charge in [0, 0.05) is 41.8 Å². The average Bonchev–Trinajstić information content (AvgIpc) is 2.86. The second-order valence-electron chi connectivity index (χ2n) is 10.4. The SMILES string of the molecule is CC(C)c1cc(-c2ccc(NCC(O)C(F)(F)F)nc2)cc2cnc(N[C@H]3CC[C@H](N(C)C)C(F)C3)nc12. The number of hydrogen-bond donors (Lipinski definition) is 3. The topological polar surface area (TPSA) is 86.2 Å². The molecule has 2 aromatic heterocycles. The standard InChI is InChI=1S/C27H34F4N6O/c1-15(2)20-10-17(16-5-8-24(32-12-16)33-14-23(38)27(29,30)31)9-18-13-34-26(36-25(18)20)35-19-6-7-22(37(3)4)21(28)11-19/h5,8-10,12-13,15,19,21-23,38H,6-7,11,14H2,1-4H3,(H,32,33)(H,34,35,36)/t19-,21?,22-,23?/m0/s1. The number of hydrogen-bond acceptors (Lipinski definition) is 7. The van der Waals surface area contributed by atoms with Crippen molar-refractivity contribution < 1.29 is 22.7 Å². The van der Waals surface area contributed by atoms with E-state index in [1.165, 1.54) is 0 Å². The monoisotopic (exact) mass is 534 g/mol. The van der Waals surface area contributed by atoms with Gasteiger partial charge < -0.3 is 20.6 Å². The van der Waals surface area contributed by atoms with Gasteiger partial charge in [0.2, 0.25) is 5.95 Å². The Kier molecular flexibility index (Phi) is 8.37. The summed E-state index contributed by atoms with van der Waals surface area (Å²) >= 11 is 0. The molecule has 2 unspecified atom stereocenters. The molecule has 0 bridgehead atoms. The Morgan fingerprint density at radius 2 is 1.84 bits per heavy atom. The molecule has 0 aliphatic heterocycles. The first-order valence-corrected chi connectivity index (χ1v) is 12.7. The predicted octanol–water partition coefficient (Wildman–Crippen LogP) is 5.38. The van der Waals surface area contributed by atoms with E-state index in [2.05, 4.69) is 34.4 Å². The Labute approximate surface area is 219 Å². The molecule has 1 aliphatic rings. The Bertz CT molecular complexity index is 1230. The van der Waals surface area contributed by atoms with Crippen molar-refractivity contribution in [2.45, 2.75) is 69.6 Å². The highest BCUT2D eigenvalue weighted by molar-refractivity contribution is 5.88. The molecule has 1 aliphatic carbocycles. The number of alkyl halides is 4. The van der Waals surface area contributed by atoms with E-state index in [1.54, 1.807) is 24.5 Å². The molecule has 1 aromatic carbocycles. The highest BCUT2D eigenvalue weighted by Gasteiger charge is 2.38. The molecule has 11 heteroatoms. The number of aliphatic hydroxyl groups excluding tert-OH is 1. The molecule has 206 valence electrons. The molecule has 0 radical (unpaired) electrons. The van der Waals surface area contributed by atoms with E-state index in [9.17, 15) is 17.6 Å². The lowest BCUT2D eigenvalue weighted by atomic mass is 9.89. The minimum atomic E-state index is -4.69. The molecule has 2 heterocycles. The van der Waals surface area contributed by atoms with Crippen molar-refractivity contribution in [3.05, 3.63) is 42.2 Å². The van der Waals surface area contributed by atoms with Crippen LogP contribution in [0.25, 0.3) is 22.0 Å². The molecule has 1 fully saturated rings. The molecule has 3 aromatic rings. The number of halogens is 4. The summed E-state index contributed by atoms with van der Waals surface area (Å²) in [6.07, 6.45) is -2.72. The fourth-order valence-corrected chi connectivity index (χ4v) is 4.83. The van der Waals surface area contributed by atoms with Gasteiger partial charge in [-0.1, -0.05) is 13.8 Å². The van der Waals surface area contributed by atoms with Gasteiger partial charge in [0.1, 0.15) is 12.0 Å². The summed E-state index contributed by atoms with van der Waals surface area (Å²) in [4.78, 5) is 15.4. The number of pyridine rings is 1. The van der Waals surface area contributed by atoms with Crippen LogP contribution in [0, 0.1) is 0 Å². The van der Waals surface area contributed by atoms with E-state index in [0.29, 0.717) is 12.4 Å². The predicted molar refractivity (Wildman–Crippen MR) is 141 cm³/mol. The maximum absolute atomic E-state index is 14.6. The number of rotatable bonds is 8. The van der Waals surface area contributed by atoms with Gasteiger partial charge in [0.15, 0.2) is 6.10 Å². The third-order valence-electron chi connectivity index (χ3n) is 7.02. The molecule has 0 amide bonds. The second kappa shape index (κ2) is 11.4. The van der Waals surface area contributed by atoms with E-state index >= 15 is 0 Å². The number of benzene rings is 1. The summed E-state index contributed by atoms with van der Waals surface area (Å²) in [6, 6.07) is 7.21. The third-order valence-corrected chi connectivity index (χ3v) is 7.02. The summed E-state index contributed by atoms with van der Waals surface area (Å²) < 4.78 is 52.2. The molecule has 7 nitrogen and oxygen atoms in total. The number of nitrogens with zero attached hydrogens (tertiary/aromatic N) is 4. The van der Waals surface area contributed by atoms with Crippen LogP contribution >= 0.6 is 0 Å². The number of aliphatic hydroxyl groups is 1. The van der Waals surface area contributed by atoms with Crippen molar-refractivity contribution in [1.29, 1.82) is 0 Å². The van der Waals surface area contributed by atoms with E-state index in [0.717, 1.165) is 40.4 Å². The Balaban J connectivity index is 1.52. The lowest BCUT2D eigenvalue weighted by Gasteiger charge is -2.35. The highest BCUT2D eigenvalue weighted by Crippen LogP contribution is 2.32. The van der Waals surface area contributed by atoms with Crippen LogP contribution in [0.1, 0.15) is 44.6 Å². The fourth-order valence-electron chi connectivity index (χ4n) is 4.83. The van der Waals surface area contributed by atoms with Crippen LogP contribution in [0.5, 0.6) is 0 Å². The van der Waals surface area contributed by atoms with Crippen LogP contribution in [0.2, 0.25) is 0 Å². The van der Waals surface area contributed by atoms with Crippen LogP contribution in [0.4, 0.5) is 29.3 Å². The zero-order valence-electron chi connectivity index (χ0n) is 21.9. The lowest BCUT2D eigenvalue weighted by molar-refractivity contribution is -0.198. The van der Waals surface area contributed by atoms with Gasteiger partial charge in [-0.25, -0.2) is 19.3 Å². The number of fused-ring (bicyclic) bond motifs is 1. The quantitative estimate of drug-likeness (QED) is 0.335. The largest absolute Gasteiger partial charge is 0.416 e. The van der Waals surface area contributed by atoms with Gasteiger partial charge in [0.05, 0.1) is 12.1 Å². The molecule has 4 rings (SSSR count). The zero-order chi connectivity index (χ0) is 27.6. The summed E-state index contributed by atoms with van der Waals surface area (Å²) in [6.45, 7) is 3.46. The Morgan fingerprint density at radius 3 is 2.45 bits per heavy atom. The van der Waals surface area contributed by atoms with Crippen LogP contribution in [0.3, 0.4) is 0 Å². The van der Waals surface area contributed by atoms with Gasteiger partial charge >= 0.3 is 6.18 Å². The van der Waals surface area contributed by atoms with Crippen LogP contribution in [0.15, 0.2) is 36.7 Å². The van der Waals surface area contributed by atoms with Gasteiger partial charge in [0.25, 0.3) is 0 Å². The van der Waals surface area contributed by atoms with Gasteiger partial charge in [-0.15, -0.1) is 0 Å². The van der Waals surface area contributed by atoms with Crippen LogP contribution in [-0.2, 0) is 0 Å². The first-order valence-electron chi connectivity index (χ1n) is 12.7. The molecular weight excluding hydrogens is 500 g/mol. The van der Waals surface area contributed by atoms with Crippen molar-refractivity contribution in [3.8, 4) is 11.1 Å². The van der Waals surface area contributed by atoms with Gasteiger partial charge in [-0.05, 0) is 68.2 Å². The molecule has 4 atom stereocenters. The molecule has 38 heavy (non-hydrogen) atoms. The molecule has 0 spiro atoms. The van der Waals surface area contributed by atoms with E-state index in [-0.39, 0.29) is 23.8 Å². The first-order chi connectivity index (χ1) is 17.9. The molecule has 3 N–H and O–H groups in total. The minimum Gasteiger partial charge on any atom is -0.382 e. The van der Waals surface area contributed by atoms with Gasteiger partial charge in [-0.3, -0.25) is 0 Å². The second-order valence-corrected chi connectivity index (χ2v) is 10.4. The maximum Gasteiger partial charge on any atom is 0.416 e. The smallest absolute Gasteiger partial charge is 0.382 e.